The first-order chi connectivity index (χ1) is 16.0. The van der Waals surface area contributed by atoms with Crippen LogP contribution in [0.3, 0.4) is 0 Å². The van der Waals surface area contributed by atoms with Crippen LogP contribution >= 0.6 is 0 Å². The summed E-state index contributed by atoms with van der Waals surface area (Å²) in [7, 11) is 0. The Bertz CT molecular complexity index is 1350. The summed E-state index contributed by atoms with van der Waals surface area (Å²) < 4.78 is 17.8. The van der Waals surface area contributed by atoms with Gasteiger partial charge in [-0.25, -0.2) is 9.37 Å². The number of amides is 1. The fraction of sp³-hybridized carbons (Fsp3) is 0.348. The number of rotatable bonds is 5. The number of pyridine rings is 1. The topological polar surface area (TPSA) is 99.7 Å². The Labute approximate surface area is 189 Å². The molecule has 1 aromatic carbocycles. The third-order valence-corrected chi connectivity index (χ3v) is 5.97. The van der Waals surface area contributed by atoms with Gasteiger partial charge in [-0.2, -0.15) is 5.10 Å². The number of piperazine rings is 1. The molecule has 33 heavy (non-hydrogen) atoms. The van der Waals surface area contributed by atoms with Crippen LogP contribution in [0.2, 0.25) is 0 Å². The van der Waals surface area contributed by atoms with Gasteiger partial charge in [0.2, 0.25) is 0 Å². The lowest BCUT2D eigenvalue weighted by atomic mass is 10.1. The molecule has 3 N–H and O–H groups in total. The number of nitrogens with zero attached hydrogens (tertiary/aromatic N) is 5. The molecular weight excluding hydrogens is 425 g/mol. The minimum Gasteiger partial charge on any atom is -0.395 e. The van der Waals surface area contributed by atoms with E-state index in [9.17, 15) is 14.3 Å². The molecule has 0 aliphatic carbocycles. The fourth-order valence-corrected chi connectivity index (χ4v) is 4.37. The van der Waals surface area contributed by atoms with Crippen molar-refractivity contribution in [2.75, 3.05) is 36.5 Å². The molecule has 172 valence electrons. The number of benzene rings is 1. The lowest BCUT2D eigenvalue weighted by Gasteiger charge is -2.34. The lowest BCUT2D eigenvalue weighted by molar-refractivity contribution is 0.102. The van der Waals surface area contributed by atoms with Crippen molar-refractivity contribution in [2.24, 2.45) is 0 Å². The molecule has 1 fully saturated rings. The van der Waals surface area contributed by atoms with E-state index in [1.165, 1.54) is 6.07 Å². The van der Waals surface area contributed by atoms with E-state index in [-0.39, 0.29) is 24.2 Å². The number of hydrogen-bond donors (Lipinski definition) is 3. The molecule has 0 bridgehead atoms. The average Bonchev–Trinajstić information content (AvgIpc) is 3.41. The Kier molecular flexibility index (Phi) is 5.47. The Morgan fingerprint density at radius 3 is 2.97 bits per heavy atom. The molecule has 5 rings (SSSR count). The third-order valence-electron chi connectivity index (χ3n) is 5.97. The maximum atomic E-state index is 14.5. The standard InChI is InChI=1S/C23H26FN7O2/c1-3-31-12-18-20(29-7-6-25-16(11-29)13-32)5-4-17(21(18)28-31)23(33)27-15-8-19(24)22-26-14(2)9-30(22)10-15/h4-5,8-10,12,16,25,32H,3,6-7,11,13H2,1-2H3,(H,27,33)/t16-/m0/s1. The van der Waals surface area contributed by atoms with Crippen LogP contribution in [0, 0.1) is 12.7 Å². The first-order valence-corrected chi connectivity index (χ1v) is 11.0. The van der Waals surface area contributed by atoms with Gasteiger partial charge in [-0.05, 0) is 26.0 Å². The molecule has 0 radical (unpaired) electrons. The first-order valence-electron chi connectivity index (χ1n) is 11.0. The van der Waals surface area contributed by atoms with Crippen molar-refractivity contribution in [3.8, 4) is 0 Å². The van der Waals surface area contributed by atoms with Crippen LogP contribution in [0.4, 0.5) is 15.8 Å². The maximum absolute atomic E-state index is 14.5. The molecule has 4 heterocycles. The number of imidazole rings is 1. The molecule has 1 aliphatic rings. The van der Waals surface area contributed by atoms with Gasteiger partial charge in [0.25, 0.3) is 5.91 Å². The third kappa shape index (κ3) is 3.91. The molecule has 9 nitrogen and oxygen atoms in total. The molecule has 1 atom stereocenters. The SMILES string of the molecule is CCn1cc2c(N3CCN[C@H](CO)C3)ccc(C(=O)Nc3cc(F)c4nc(C)cn4c3)c2n1. The Morgan fingerprint density at radius 2 is 2.18 bits per heavy atom. The van der Waals surface area contributed by atoms with Crippen LogP contribution in [-0.4, -0.2) is 62.5 Å². The fourth-order valence-electron chi connectivity index (χ4n) is 4.37. The number of aliphatic hydroxyl groups excluding tert-OH is 1. The summed E-state index contributed by atoms with van der Waals surface area (Å²) in [6, 6.07) is 4.94. The number of aryl methyl sites for hydroxylation is 2. The van der Waals surface area contributed by atoms with Crippen LogP contribution < -0.4 is 15.5 Å². The molecule has 0 spiro atoms. The van der Waals surface area contributed by atoms with Gasteiger partial charge in [-0.15, -0.1) is 0 Å². The van der Waals surface area contributed by atoms with Crippen LogP contribution in [0.25, 0.3) is 16.6 Å². The highest BCUT2D eigenvalue weighted by atomic mass is 19.1. The summed E-state index contributed by atoms with van der Waals surface area (Å²) in [6.07, 6.45) is 5.29. The van der Waals surface area contributed by atoms with Gasteiger partial charge in [0.05, 0.1) is 23.6 Å². The van der Waals surface area contributed by atoms with Gasteiger partial charge >= 0.3 is 0 Å². The van der Waals surface area contributed by atoms with Crippen molar-refractivity contribution in [3.05, 3.63) is 53.9 Å². The summed E-state index contributed by atoms with van der Waals surface area (Å²) in [5, 5.41) is 21.2. The zero-order valence-corrected chi connectivity index (χ0v) is 18.5. The van der Waals surface area contributed by atoms with Crippen molar-refractivity contribution < 1.29 is 14.3 Å². The summed E-state index contributed by atoms with van der Waals surface area (Å²) in [5.41, 5.74) is 3.22. The van der Waals surface area contributed by atoms with Gasteiger partial charge in [0, 0.05) is 68.0 Å². The Morgan fingerprint density at radius 1 is 1.33 bits per heavy atom. The molecule has 1 amide bonds. The highest BCUT2D eigenvalue weighted by Crippen LogP contribution is 2.30. The van der Waals surface area contributed by atoms with E-state index < -0.39 is 5.82 Å². The number of anilines is 2. The number of aliphatic hydroxyl groups is 1. The van der Waals surface area contributed by atoms with Crippen LogP contribution in [0.15, 0.2) is 36.8 Å². The van der Waals surface area contributed by atoms with Gasteiger partial charge in [0.1, 0.15) is 5.52 Å². The number of carbonyl (C=O) groups excluding carboxylic acids is 1. The molecular formula is C23H26FN7O2. The Balaban J connectivity index is 1.50. The maximum Gasteiger partial charge on any atom is 0.257 e. The van der Waals surface area contributed by atoms with Crippen molar-refractivity contribution >= 4 is 33.8 Å². The van der Waals surface area contributed by atoms with Crippen molar-refractivity contribution in [2.45, 2.75) is 26.4 Å². The molecule has 3 aromatic heterocycles. The quantitative estimate of drug-likeness (QED) is 0.430. The summed E-state index contributed by atoms with van der Waals surface area (Å²) >= 11 is 0. The van der Waals surface area contributed by atoms with E-state index in [1.54, 1.807) is 34.5 Å². The average molecular weight is 452 g/mol. The molecule has 0 unspecified atom stereocenters. The van der Waals surface area contributed by atoms with Crippen molar-refractivity contribution in [3.63, 3.8) is 0 Å². The number of fused-ring (bicyclic) bond motifs is 2. The van der Waals surface area contributed by atoms with Gasteiger partial charge < -0.3 is 25.0 Å². The zero-order valence-electron chi connectivity index (χ0n) is 18.5. The largest absolute Gasteiger partial charge is 0.395 e. The van der Waals surface area contributed by atoms with E-state index in [4.69, 9.17) is 0 Å². The van der Waals surface area contributed by atoms with E-state index in [1.807, 2.05) is 19.2 Å². The van der Waals surface area contributed by atoms with Crippen LogP contribution in [0.1, 0.15) is 23.0 Å². The van der Waals surface area contributed by atoms with E-state index in [0.717, 1.165) is 24.2 Å². The van der Waals surface area contributed by atoms with Gasteiger partial charge in [-0.3, -0.25) is 9.48 Å². The van der Waals surface area contributed by atoms with Gasteiger partial charge in [-0.1, -0.05) is 0 Å². The number of hydrogen-bond acceptors (Lipinski definition) is 6. The molecule has 1 saturated heterocycles. The van der Waals surface area contributed by atoms with Gasteiger partial charge in [0.15, 0.2) is 11.5 Å². The minimum atomic E-state index is -0.506. The number of nitrogens with one attached hydrogen (secondary N) is 2. The summed E-state index contributed by atoms with van der Waals surface area (Å²) in [5.74, 6) is -0.870. The second-order valence-corrected chi connectivity index (χ2v) is 8.30. The van der Waals surface area contributed by atoms with Crippen molar-refractivity contribution in [1.29, 1.82) is 0 Å². The Hall–Kier alpha value is -3.50. The summed E-state index contributed by atoms with van der Waals surface area (Å²) in [6.45, 7) is 6.72. The second kappa shape index (κ2) is 8.45. The minimum absolute atomic E-state index is 0.00498. The number of halogens is 1. The molecule has 4 aromatic rings. The molecule has 1 aliphatic heterocycles. The van der Waals surface area contributed by atoms with Crippen LogP contribution in [-0.2, 0) is 6.54 Å². The number of carbonyl (C=O) groups is 1. The highest BCUT2D eigenvalue weighted by molar-refractivity contribution is 6.13. The normalized spacial score (nSPS) is 16.6. The smallest absolute Gasteiger partial charge is 0.257 e. The summed E-state index contributed by atoms with van der Waals surface area (Å²) in [4.78, 5) is 19.5. The first kappa shape index (κ1) is 21.4. The molecule has 10 heteroatoms. The zero-order chi connectivity index (χ0) is 23.1. The van der Waals surface area contributed by atoms with Crippen molar-refractivity contribution in [1.82, 2.24) is 24.5 Å². The van der Waals surface area contributed by atoms with E-state index in [2.05, 4.69) is 25.6 Å². The predicted octanol–water partition coefficient (Wildman–Crippen LogP) is 2.17. The lowest BCUT2D eigenvalue weighted by Crippen LogP contribution is -2.52. The predicted molar refractivity (Wildman–Crippen MR) is 124 cm³/mol. The van der Waals surface area contributed by atoms with E-state index >= 15 is 0 Å². The van der Waals surface area contributed by atoms with Crippen LogP contribution in [0.5, 0.6) is 0 Å². The number of aromatic nitrogens is 4. The highest BCUT2D eigenvalue weighted by Gasteiger charge is 2.23. The van der Waals surface area contributed by atoms with E-state index in [0.29, 0.717) is 35.6 Å². The second-order valence-electron chi connectivity index (χ2n) is 8.30. The monoisotopic (exact) mass is 451 g/mol. The molecule has 0 saturated carbocycles.